The van der Waals surface area contributed by atoms with E-state index in [0.717, 1.165) is 12.1 Å². The average Bonchev–Trinajstić information content (AvgIpc) is 2.26. The van der Waals surface area contributed by atoms with E-state index in [4.69, 9.17) is 0 Å². The first-order valence-corrected chi connectivity index (χ1v) is 5.39. The van der Waals surface area contributed by atoms with E-state index in [2.05, 4.69) is 10.6 Å². The minimum absolute atomic E-state index is 0.135. The van der Waals surface area contributed by atoms with E-state index in [1.807, 2.05) is 20.8 Å². The first kappa shape index (κ1) is 14.3. The summed E-state index contributed by atoms with van der Waals surface area (Å²) in [7, 11) is 0. The van der Waals surface area contributed by atoms with E-state index in [1.165, 1.54) is 0 Å². The lowest BCUT2D eigenvalue weighted by molar-refractivity contribution is 0.246. The van der Waals surface area contributed by atoms with Crippen LogP contribution in [0.15, 0.2) is 12.1 Å². The molecule has 2 amide bonds. The molecule has 18 heavy (non-hydrogen) atoms. The van der Waals surface area contributed by atoms with Crippen molar-refractivity contribution in [2.24, 2.45) is 5.41 Å². The van der Waals surface area contributed by atoms with E-state index in [9.17, 15) is 18.0 Å². The van der Waals surface area contributed by atoms with Crippen LogP contribution in [0.3, 0.4) is 0 Å². The second kappa shape index (κ2) is 5.29. The summed E-state index contributed by atoms with van der Waals surface area (Å²) in [5, 5.41) is 4.62. The Kier molecular flexibility index (Phi) is 4.21. The van der Waals surface area contributed by atoms with Crippen molar-refractivity contribution in [2.75, 3.05) is 11.9 Å². The lowest BCUT2D eigenvalue weighted by atomic mass is 9.97. The van der Waals surface area contributed by atoms with Gasteiger partial charge in [-0.2, -0.15) is 0 Å². The van der Waals surface area contributed by atoms with Crippen molar-refractivity contribution in [2.45, 2.75) is 20.8 Å². The summed E-state index contributed by atoms with van der Waals surface area (Å²) in [6.07, 6.45) is 0. The number of rotatable bonds is 2. The number of benzene rings is 1. The van der Waals surface area contributed by atoms with Crippen molar-refractivity contribution in [1.82, 2.24) is 5.32 Å². The van der Waals surface area contributed by atoms with Crippen LogP contribution in [-0.4, -0.2) is 12.6 Å². The van der Waals surface area contributed by atoms with Crippen LogP contribution in [0.25, 0.3) is 0 Å². The normalized spacial score (nSPS) is 11.2. The Morgan fingerprint density at radius 2 is 1.78 bits per heavy atom. The quantitative estimate of drug-likeness (QED) is 0.787. The topological polar surface area (TPSA) is 41.1 Å². The summed E-state index contributed by atoms with van der Waals surface area (Å²) in [5.41, 5.74) is -0.537. The van der Waals surface area contributed by atoms with Crippen molar-refractivity contribution >= 4 is 11.7 Å². The van der Waals surface area contributed by atoms with Gasteiger partial charge >= 0.3 is 6.03 Å². The standard InChI is InChI=1S/C12H15F3N2O/c1-12(2,3)6-16-11(18)17-8-5-4-7(13)9(14)10(8)15/h4-5H,6H2,1-3H3,(H2,16,17,18). The maximum Gasteiger partial charge on any atom is 0.319 e. The number of carbonyl (C=O) groups excluding carboxylic acids is 1. The van der Waals surface area contributed by atoms with E-state index >= 15 is 0 Å². The molecule has 0 aliphatic carbocycles. The van der Waals surface area contributed by atoms with Crippen LogP contribution < -0.4 is 10.6 Å². The van der Waals surface area contributed by atoms with E-state index in [0.29, 0.717) is 6.54 Å². The highest BCUT2D eigenvalue weighted by atomic mass is 19.2. The van der Waals surface area contributed by atoms with Crippen LogP contribution in [-0.2, 0) is 0 Å². The zero-order chi connectivity index (χ0) is 13.9. The zero-order valence-corrected chi connectivity index (χ0v) is 10.4. The van der Waals surface area contributed by atoms with Gasteiger partial charge in [0.2, 0.25) is 0 Å². The largest absolute Gasteiger partial charge is 0.337 e. The molecule has 1 rings (SSSR count). The second-order valence-corrected chi connectivity index (χ2v) is 5.09. The SMILES string of the molecule is CC(C)(C)CNC(=O)Nc1ccc(F)c(F)c1F. The van der Waals surface area contributed by atoms with Crippen molar-refractivity contribution < 1.29 is 18.0 Å². The number of halogens is 3. The van der Waals surface area contributed by atoms with Gasteiger partial charge < -0.3 is 10.6 Å². The van der Waals surface area contributed by atoms with Gasteiger partial charge in [-0.05, 0) is 17.5 Å². The number of carbonyl (C=O) groups is 1. The summed E-state index contributed by atoms with van der Waals surface area (Å²) in [4.78, 5) is 11.4. The van der Waals surface area contributed by atoms with Crippen LogP contribution in [0.4, 0.5) is 23.7 Å². The number of nitrogens with one attached hydrogen (secondary N) is 2. The Bertz CT molecular complexity index is 455. The van der Waals surface area contributed by atoms with Gasteiger partial charge in [-0.3, -0.25) is 0 Å². The molecule has 0 aliphatic rings. The Balaban J connectivity index is 2.68. The molecule has 0 fully saturated rings. The van der Waals surface area contributed by atoms with Crippen LogP contribution >= 0.6 is 0 Å². The molecule has 6 heteroatoms. The third-order valence-corrected chi connectivity index (χ3v) is 2.06. The molecule has 0 heterocycles. The number of amides is 2. The fourth-order valence-corrected chi connectivity index (χ4v) is 1.13. The van der Waals surface area contributed by atoms with E-state index < -0.39 is 29.2 Å². The van der Waals surface area contributed by atoms with Gasteiger partial charge in [0.05, 0.1) is 5.69 Å². The molecule has 0 aromatic heterocycles. The van der Waals surface area contributed by atoms with Gasteiger partial charge in [-0.15, -0.1) is 0 Å². The lowest BCUT2D eigenvalue weighted by Crippen LogP contribution is -2.35. The molecule has 2 N–H and O–H groups in total. The van der Waals surface area contributed by atoms with Crippen molar-refractivity contribution in [3.63, 3.8) is 0 Å². The van der Waals surface area contributed by atoms with Gasteiger partial charge in [-0.1, -0.05) is 20.8 Å². The molecule has 0 spiro atoms. The summed E-state index contributed by atoms with van der Waals surface area (Å²) in [5.74, 6) is -4.32. The van der Waals surface area contributed by atoms with E-state index in [-0.39, 0.29) is 5.41 Å². The van der Waals surface area contributed by atoms with Crippen molar-refractivity contribution in [3.05, 3.63) is 29.6 Å². The van der Waals surface area contributed by atoms with Gasteiger partial charge in [-0.25, -0.2) is 18.0 Å². The molecule has 3 nitrogen and oxygen atoms in total. The number of hydrogen-bond acceptors (Lipinski definition) is 1. The van der Waals surface area contributed by atoms with Gasteiger partial charge in [0, 0.05) is 6.54 Å². The molecule has 0 aliphatic heterocycles. The van der Waals surface area contributed by atoms with Crippen LogP contribution in [0.1, 0.15) is 20.8 Å². The van der Waals surface area contributed by atoms with Gasteiger partial charge in [0.25, 0.3) is 0 Å². The van der Waals surface area contributed by atoms with Gasteiger partial charge in [0.1, 0.15) is 0 Å². The molecule has 0 radical (unpaired) electrons. The smallest absolute Gasteiger partial charge is 0.319 e. The Morgan fingerprint density at radius 1 is 1.17 bits per heavy atom. The maximum absolute atomic E-state index is 13.2. The zero-order valence-electron chi connectivity index (χ0n) is 10.4. The fraction of sp³-hybridized carbons (Fsp3) is 0.417. The van der Waals surface area contributed by atoms with Crippen molar-refractivity contribution in [3.8, 4) is 0 Å². The van der Waals surface area contributed by atoms with E-state index in [1.54, 1.807) is 0 Å². The van der Waals surface area contributed by atoms with Crippen LogP contribution in [0.2, 0.25) is 0 Å². The fourth-order valence-electron chi connectivity index (χ4n) is 1.13. The summed E-state index contributed by atoms with van der Waals surface area (Å²) in [6.45, 7) is 6.09. The molecule has 1 aromatic rings. The average molecular weight is 260 g/mol. The number of anilines is 1. The minimum Gasteiger partial charge on any atom is -0.337 e. The maximum atomic E-state index is 13.2. The van der Waals surface area contributed by atoms with Crippen LogP contribution in [0, 0.1) is 22.9 Å². The Morgan fingerprint density at radius 3 is 2.33 bits per heavy atom. The molecule has 0 bridgehead atoms. The molecular weight excluding hydrogens is 245 g/mol. The highest BCUT2D eigenvalue weighted by molar-refractivity contribution is 5.89. The Hall–Kier alpha value is -1.72. The highest BCUT2D eigenvalue weighted by Gasteiger charge is 2.16. The summed E-state index contributed by atoms with van der Waals surface area (Å²) < 4.78 is 38.8. The first-order valence-electron chi connectivity index (χ1n) is 5.39. The number of hydrogen-bond donors (Lipinski definition) is 2. The molecule has 0 atom stereocenters. The molecule has 0 unspecified atom stereocenters. The van der Waals surface area contributed by atoms with Gasteiger partial charge in [0.15, 0.2) is 17.5 Å². The predicted molar refractivity (Wildman–Crippen MR) is 62.8 cm³/mol. The lowest BCUT2D eigenvalue weighted by Gasteiger charge is -2.19. The Labute approximate surface area is 103 Å². The highest BCUT2D eigenvalue weighted by Crippen LogP contribution is 2.19. The first-order chi connectivity index (χ1) is 8.20. The predicted octanol–water partition coefficient (Wildman–Crippen LogP) is 3.27. The monoisotopic (exact) mass is 260 g/mol. The molecular formula is C12H15F3N2O. The molecule has 0 saturated carbocycles. The second-order valence-electron chi connectivity index (χ2n) is 5.09. The molecule has 0 saturated heterocycles. The molecule has 100 valence electrons. The molecule has 1 aromatic carbocycles. The number of urea groups is 1. The summed E-state index contributed by atoms with van der Waals surface area (Å²) >= 11 is 0. The third-order valence-electron chi connectivity index (χ3n) is 2.06. The summed E-state index contributed by atoms with van der Waals surface area (Å²) in [6, 6.07) is 1.04. The minimum atomic E-state index is -1.61. The third kappa shape index (κ3) is 3.94. The van der Waals surface area contributed by atoms with Crippen molar-refractivity contribution in [1.29, 1.82) is 0 Å². The van der Waals surface area contributed by atoms with Crippen LogP contribution in [0.5, 0.6) is 0 Å².